The van der Waals surface area contributed by atoms with E-state index >= 15 is 0 Å². The number of rotatable bonds is 2. The van der Waals surface area contributed by atoms with Crippen LogP contribution >= 0.6 is 0 Å². The van der Waals surface area contributed by atoms with Crippen molar-refractivity contribution in [1.29, 1.82) is 0 Å². The van der Waals surface area contributed by atoms with Gasteiger partial charge in [-0.2, -0.15) is 0 Å². The van der Waals surface area contributed by atoms with E-state index in [9.17, 15) is 4.79 Å². The van der Waals surface area contributed by atoms with Crippen LogP contribution in [0.15, 0.2) is 12.2 Å². The number of carbonyl (C=O) groups is 1. The highest BCUT2D eigenvalue weighted by molar-refractivity contribution is 5.79. The molecule has 10 heavy (non-hydrogen) atoms. The number of hydrogen-bond donors (Lipinski definition) is 2. The van der Waals surface area contributed by atoms with Crippen molar-refractivity contribution in [3.63, 3.8) is 0 Å². The van der Waals surface area contributed by atoms with E-state index in [4.69, 9.17) is 5.11 Å². The first kappa shape index (κ1) is 7.28. The van der Waals surface area contributed by atoms with Crippen LogP contribution in [0.3, 0.4) is 0 Å². The Morgan fingerprint density at radius 1 is 1.70 bits per heavy atom. The van der Waals surface area contributed by atoms with Crippen molar-refractivity contribution in [2.24, 2.45) is 0 Å². The Kier molecular flexibility index (Phi) is 2.45. The van der Waals surface area contributed by atoms with Gasteiger partial charge in [0.15, 0.2) is 0 Å². The van der Waals surface area contributed by atoms with Crippen LogP contribution in [-0.4, -0.2) is 23.7 Å². The van der Waals surface area contributed by atoms with Crippen LogP contribution in [-0.2, 0) is 4.79 Å². The molecule has 0 bridgehead atoms. The lowest BCUT2D eigenvalue weighted by Gasteiger charge is -1.99. The fraction of sp³-hybridized carbons (Fsp3) is 0.571. The van der Waals surface area contributed by atoms with E-state index in [0.717, 1.165) is 19.4 Å². The highest BCUT2D eigenvalue weighted by atomic mass is 16.4. The molecule has 0 aromatic carbocycles. The molecule has 3 nitrogen and oxygen atoms in total. The lowest BCUT2D eigenvalue weighted by molar-refractivity contribution is -0.131. The minimum absolute atomic E-state index is 0.288. The van der Waals surface area contributed by atoms with Gasteiger partial charge in [-0.15, -0.1) is 0 Å². The monoisotopic (exact) mass is 141 g/mol. The summed E-state index contributed by atoms with van der Waals surface area (Å²) in [7, 11) is 0. The van der Waals surface area contributed by atoms with Gasteiger partial charge in [0.25, 0.3) is 0 Å². The van der Waals surface area contributed by atoms with Crippen molar-refractivity contribution < 1.29 is 9.90 Å². The zero-order valence-corrected chi connectivity index (χ0v) is 5.71. The molecule has 0 radical (unpaired) electrons. The maximum absolute atomic E-state index is 10.0. The Labute approximate surface area is 59.7 Å². The third-order valence-corrected chi connectivity index (χ3v) is 1.57. The highest BCUT2D eigenvalue weighted by Gasteiger charge is 2.09. The van der Waals surface area contributed by atoms with E-state index < -0.39 is 5.97 Å². The van der Waals surface area contributed by atoms with Gasteiger partial charge in [0.1, 0.15) is 0 Å². The molecule has 0 unspecified atom stereocenters. The highest BCUT2D eigenvalue weighted by Crippen LogP contribution is 2.05. The summed E-state index contributed by atoms with van der Waals surface area (Å²) in [5.41, 5.74) is 0. The molecule has 0 amide bonds. The fourth-order valence-corrected chi connectivity index (χ4v) is 1.07. The van der Waals surface area contributed by atoms with Gasteiger partial charge < -0.3 is 10.4 Å². The van der Waals surface area contributed by atoms with E-state index in [1.54, 1.807) is 6.08 Å². The number of nitrogens with one attached hydrogen (secondary N) is 1. The second-order valence-electron chi connectivity index (χ2n) is 2.40. The molecular weight excluding hydrogens is 130 g/mol. The molecule has 1 aliphatic rings. The van der Waals surface area contributed by atoms with Crippen molar-refractivity contribution in [1.82, 2.24) is 5.32 Å². The van der Waals surface area contributed by atoms with Crippen LogP contribution in [0.1, 0.15) is 12.8 Å². The van der Waals surface area contributed by atoms with E-state index in [0.29, 0.717) is 0 Å². The van der Waals surface area contributed by atoms with Gasteiger partial charge in [-0.1, -0.05) is 6.08 Å². The summed E-state index contributed by atoms with van der Waals surface area (Å²) < 4.78 is 0. The summed E-state index contributed by atoms with van der Waals surface area (Å²) in [6.07, 6.45) is 5.11. The molecule has 0 saturated carbocycles. The Balaban J connectivity index is 2.29. The van der Waals surface area contributed by atoms with E-state index in [1.807, 2.05) is 0 Å². The predicted octanol–water partition coefficient (Wildman–Crippen LogP) is 0.379. The molecule has 1 fully saturated rings. The average molecular weight is 141 g/mol. The Morgan fingerprint density at radius 2 is 2.50 bits per heavy atom. The molecule has 1 atom stereocenters. The zero-order chi connectivity index (χ0) is 7.40. The predicted molar refractivity (Wildman–Crippen MR) is 37.8 cm³/mol. The minimum Gasteiger partial charge on any atom is -0.478 e. The van der Waals surface area contributed by atoms with Gasteiger partial charge in [0.2, 0.25) is 0 Å². The quantitative estimate of drug-likeness (QED) is 0.546. The molecule has 0 spiro atoms. The number of hydrogen-bond acceptors (Lipinski definition) is 2. The standard InChI is InChI=1S/C7H11NO2/c9-7(10)4-3-6-2-1-5-8-6/h3-4,6,8H,1-2,5H2,(H,9,10)/b4-3+/t6-/m1/s1. The van der Waals surface area contributed by atoms with Gasteiger partial charge in [0.05, 0.1) is 0 Å². The first-order chi connectivity index (χ1) is 4.79. The van der Waals surface area contributed by atoms with Crippen LogP contribution in [0.25, 0.3) is 0 Å². The summed E-state index contributed by atoms with van der Waals surface area (Å²) >= 11 is 0. The average Bonchev–Trinajstić information content (AvgIpc) is 2.34. The largest absolute Gasteiger partial charge is 0.478 e. The van der Waals surface area contributed by atoms with Crippen LogP contribution in [0.5, 0.6) is 0 Å². The maximum atomic E-state index is 10.0. The van der Waals surface area contributed by atoms with Crippen LogP contribution in [0.2, 0.25) is 0 Å². The van der Waals surface area contributed by atoms with Gasteiger partial charge in [-0.05, 0) is 19.4 Å². The van der Waals surface area contributed by atoms with Crippen molar-refractivity contribution in [3.05, 3.63) is 12.2 Å². The van der Waals surface area contributed by atoms with Crippen molar-refractivity contribution in [2.45, 2.75) is 18.9 Å². The van der Waals surface area contributed by atoms with E-state index in [-0.39, 0.29) is 6.04 Å². The lowest BCUT2D eigenvalue weighted by atomic mass is 10.2. The topological polar surface area (TPSA) is 49.3 Å². The Morgan fingerprint density at radius 3 is 3.00 bits per heavy atom. The Bertz CT molecular complexity index is 148. The molecule has 0 aromatic rings. The molecule has 1 aliphatic heterocycles. The summed E-state index contributed by atoms with van der Waals surface area (Å²) in [4.78, 5) is 10.0. The summed E-state index contributed by atoms with van der Waals surface area (Å²) in [5, 5.41) is 11.4. The molecule has 56 valence electrons. The number of carboxylic acids is 1. The van der Waals surface area contributed by atoms with Gasteiger partial charge in [-0.3, -0.25) is 0 Å². The normalized spacial score (nSPS) is 25.8. The molecule has 1 saturated heterocycles. The third-order valence-electron chi connectivity index (χ3n) is 1.57. The molecule has 0 aliphatic carbocycles. The molecule has 2 N–H and O–H groups in total. The maximum Gasteiger partial charge on any atom is 0.328 e. The summed E-state index contributed by atoms with van der Waals surface area (Å²) in [5.74, 6) is -0.867. The lowest BCUT2D eigenvalue weighted by Crippen LogP contribution is -2.18. The van der Waals surface area contributed by atoms with E-state index in [1.165, 1.54) is 6.08 Å². The number of carboxylic acid groups (broad SMARTS) is 1. The molecule has 0 aromatic heterocycles. The zero-order valence-electron chi connectivity index (χ0n) is 5.71. The fourth-order valence-electron chi connectivity index (χ4n) is 1.07. The Hall–Kier alpha value is -0.830. The second kappa shape index (κ2) is 3.37. The molecule has 1 rings (SSSR count). The first-order valence-electron chi connectivity index (χ1n) is 3.43. The second-order valence-corrected chi connectivity index (χ2v) is 2.40. The summed E-state index contributed by atoms with van der Waals surface area (Å²) in [6.45, 7) is 1.01. The number of aliphatic carboxylic acids is 1. The van der Waals surface area contributed by atoms with Crippen molar-refractivity contribution in [3.8, 4) is 0 Å². The van der Waals surface area contributed by atoms with Crippen molar-refractivity contribution in [2.75, 3.05) is 6.54 Å². The molecule has 1 heterocycles. The minimum atomic E-state index is -0.867. The van der Waals surface area contributed by atoms with Gasteiger partial charge in [0, 0.05) is 12.1 Å². The molecule has 3 heteroatoms. The van der Waals surface area contributed by atoms with Crippen LogP contribution < -0.4 is 5.32 Å². The SMILES string of the molecule is O=C(O)/C=C/[C@H]1CCCN1. The van der Waals surface area contributed by atoms with Gasteiger partial charge in [-0.25, -0.2) is 4.79 Å². The van der Waals surface area contributed by atoms with Crippen LogP contribution in [0.4, 0.5) is 0 Å². The smallest absolute Gasteiger partial charge is 0.328 e. The molecular formula is C7H11NO2. The first-order valence-corrected chi connectivity index (χ1v) is 3.43. The van der Waals surface area contributed by atoms with Crippen LogP contribution in [0, 0.1) is 0 Å². The third kappa shape index (κ3) is 2.19. The van der Waals surface area contributed by atoms with Gasteiger partial charge >= 0.3 is 5.97 Å². The summed E-state index contributed by atoms with van der Waals surface area (Å²) in [6, 6.07) is 0.288. The van der Waals surface area contributed by atoms with E-state index in [2.05, 4.69) is 5.32 Å². The van der Waals surface area contributed by atoms with Crippen molar-refractivity contribution >= 4 is 5.97 Å².